The van der Waals surface area contributed by atoms with Crippen LogP contribution in [0.15, 0.2) is 35.7 Å². The minimum absolute atomic E-state index is 0.00880. The van der Waals surface area contributed by atoms with Gasteiger partial charge >= 0.3 is 5.69 Å². The molecule has 110 valence electrons. The maximum Gasteiger partial charge on any atom is 0.306 e. The van der Waals surface area contributed by atoms with Crippen LogP contribution in [0.3, 0.4) is 0 Å². The number of hydrogen-bond donors (Lipinski definition) is 2. The van der Waals surface area contributed by atoms with Gasteiger partial charge in [-0.15, -0.1) is 11.3 Å². The van der Waals surface area contributed by atoms with Gasteiger partial charge in [0.15, 0.2) is 0 Å². The van der Waals surface area contributed by atoms with Crippen LogP contribution >= 0.6 is 11.3 Å². The van der Waals surface area contributed by atoms with Gasteiger partial charge in [0.1, 0.15) is 11.3 Å². The Bertz CT molecular complexity index is 657. The summed E-state index contributed by atoms with van der Waals surface area (Å²) >= 11 is 1.52. The van der Waals surface area contributed by atoms with Crippen molar-refractivity contribution in [3.63, 3.8) is 0 Å². The Balaban J connectivity index is 2.32. The first-order chi connectivity index (χ1) is 10.0. The maximum absolute atomic E-state index is 12.4. The highest BCUT2D eigenvalue weighted by molar-refractivity contribution is 7.09. The molecule has 0 aliphatic heterocycles. The number of amides is 1. The van der Waals surface area contributed by atoms with Gasteiger partial charge < -0.3 is 10.3 Å². The van der Waals surface area contributed by atoms with Crippen LogP contribution in [0.2, 0.25) is 0 Å². The van der Waals surface area contributed by atoms with Gasteiger partial charge in [-0.05, 0) is 23.6 Å². The zero-order valence-electron chi connectivity index (χ0n) is 11.3. The summed E-state index contributed by atoms with van der Waals surface area (Å²) in [6.07, 6.45) is 0. The molecule has 1 heterocycles. The number of nitrogens with one attached hydrogen (secondary N) is 1. The lowest BCUT2D eigenvalue weighted by molar-refractivity contribution is -0.384. The van der Waals surface area contributed by atoms with Gasteiger partial charge in [-0.2, -0.15) is 0 Å². The second-order valence-corrected chi connectivity index (χ2v) is 5.38. The quantitative estimate of drug-likeness (QED) is 0.501. The van der Waals surface area contributed by atoms with E-state index in [9.17, 15) is 14.9 Å². The number of nitrogen functional groups attached to an aromatic ring is 1. The highest BCUT2D eigenvalue weighted by atomic mass is 32.1. The Hall–Kier alpha value is -2.45. The van der Waals surface area contributed by atoms with Gasteiger partial charge in [0, 0.05) is 11.9 Å². The number of carbonyl (C=O) groups excluding carboxylic acids is 1. The van der Waals surface area contributed by atoms with Crippen molar-refractivity contribution < 1.29 is 9.72 Å². The van der Waals surface area contributed by atoms with Crippen molar-refractivity contribution >= 4 is 28.6 Å². The zero-order chi connectivity index (χ0) is 15.4. The third-order valence-corrected chi connectivity index (χ3v) is 3.79. The number of carbonyl (C=O) groups is 1. The van der Waals surface area contributed by atoms with Gasteiger partial charge in [0.2, 0.25) is 0 Å². The summed E-state index contributed by atoms with van der Waals surface area (Å²) in [5.41, 5.74) is 2.05. The molecule has 1 aromatic carbocycles. The standard InChI is InChI=1S/C13H14N4O3S/c1-16(8-9-4-3-7-21-9)13(18)10-5-2-6-11(15-14)12(10)17(19)20/h2-7,15H,8,14H2,1H3. The average molecular weight is 306 g/mol. The summed E-state index contributed by atoms with van der Waals surface area (Å²) in [4.78, 5) is 25.4. The molecule has 7 nitrogen and oxygen atoms in total. The van der Waals surface area contributed by atoms with E-state index in [0.29, 0.717) is 6.54 Å². The maximum atomic E-state index is 12.4. The molecule has 21 heavy (non-hydrogen) atoms. The molecule has 0 bridgehead atoms. The molecule has 1 amide bonds. The smallest absolute Gasteiger partial charge is 0.306 e. The summed E-state index contributed by atoms with van der Waals surface area (Å²) in [7, 11) is 1.61. The fourth-order valence-electron chi connectivity index (χ4n) is 1.94. The second-order valence-electron chi connectivity index (χ2n) is 4.34. The average Bonchev–Trinajstić information content (AvgIpc) is 2.98. The lowest BCUT2D eigenvalue weighted by Gasteiger charge is -2.17. The van der Waals surface area contributed by atoms with E-state index < -0.39 is 10.8 Å². The van der Waals surface area contributed by atoms with Crippen LogP contribution in [0.5, 0.6) is 0 Å². The molecule has 2 rings (SSSR count). The molecule has 0 unspecified atom stereocenters. The Kier molecular flexibility index (Phi) is 4.51. The predicted molar refractivity (Wildman–Crippen MR) is 81.0 cm³/mol. The van der Waals surface area contributed by atoms with Crippen LogP contribution in [0.25, 0.3) is 0 Å². The first kappa shape index (κ1) is 14.9. The van der Waals surface area contributed by atoms with E-state index in [1.165, 1.54) is 28.4 Å². The molecule has 0 radical (unpaired) electrons. The molecule has 0 saturated carbocycles. The van der Waals surface area contributed by atoms with Crippen molar-refractivity contribution in [2.24, 2.45) is 5.84 Å². The predicted octanol–water partition coefficient (Wildman–Crippen LogP) is 2.21. The molecule has 0 spiro atoms. The van der Waals surface area contributed by atoms with Crippen LogP contribution in [0.1, 0.15) is 15.2 Å². The number of nitro benzene ring substituents is 1. The van der Waals surface area contributed by atoms with Crippen LogP contribution in [0.4, 0.5) is 11.4 Å². The normalized spacial score (nSPS) is 10.2. The van der Waals surface area contributed by atoms with Crippen LogP contribution < -0.4 is 11.3 Å². The van der Waals surface area contributed by atoms with Crippen molar-refractivity contribution in [2.75, 3.05) is 12.5 Å². The fourth-order valence-corrected chi connectivity index (χ4v) is 2.70. The number of para-hydroxylation sites is 1. The first-order valence-corrected chi connectivity index (χ1v) is 6.94. The van der Waals surface area contributed by atoms with Gasteiger partial charge in [-0.25, -0.2) is 0 Å². The van der Waals surface area contributed by atoms with E-state index >= 15 is 0 Å². The third-order valence-electron chi connectivity index (χ3n) is 2.92. The Labute approximate surface area is 125 Å². The number of nitrogens with zero attached hydrogens (tertiary/aromatic N) is 2. The number of nitro groups is 1. The molecule has 0 atom stereocenters. The minimum atomic E-state index is -0.610. The van der Waals surface area contributed by atoms with Gasteiger partial charge in [-0.1, -0.05) is 12.1 Å². The second kappa shape index (κ2) is 6.33. The summed E-state index contributed by atoms with van der Waals surface area (Å²) in [6, 6.07) is 8.22. The van der Waals surface area contributed by atoms with Gasteiger partial charge in [0.25, 0.3) is 5.91 Å². The number of rotatable bonds is 5. The SMILES string of the molecule is CN(Cc1cccs1)C(=O)c1cccc(NN)c1[N+](=O)[O-]. The van der Waals surface area contributed by atoms with Crippen LogP contribution in [0, 0.1) is 10.1 Å². The molecule has 2 aromatic rings. The van der Waals surface area contributed by atoms with Gasteiger partial charge in [-0.3, -0.25) is 20.8 Å². The van der Waals surface area contributed by atoms with Crippen molar-refractivity contribution in [3.05, 3.63) is 56.3 Å². The molecule has 0 fully saturated rings. The summed E-state index contributed by atoms with van der Waals surface area (Å²) in [5.74, 6) is 4.84. The van der Waals surface area contributed by atoms with E-state index in [0.717, 1.165) is 4.88 Å². The number of nitrogens with two attached hydrogens (primary N) is 1. The summed E-state index contributed by atoms with van der Waals surface area (Å²) < 4.78 is 0. The molecule has 0 aliphatic carbocycles. The Morgan fingerprint density at radius 1 is 1.43 bits per heavy atom. The van der Waals surface area contributed by atoms with E-state index in [2.05, 4.69) is 5.43 Å². The van der Waals surface area contributed by atoms with Crippen molar-refractivity contribution in [1.82, 2.24) is 4.90 Å². The largest absolute Gasteiger partial charge is 0.336 e. The number of thiophene rings is 1. The number of hydrogen-bond acceptors (Lipinski definition) is 6. The molecule has 3 N–H and O–H groups in total. The number of benzene rings is 1. The third kappa shape index (κ3) is 3.18. The van der Waals surface area contributed by atoms with E-state index in [1.54, 1.807) is 13.1 Å². The fraction of sp³-hybridized carbons (Fsp3) is 0.154. The Morgan fingerprint density at radius 3 is 2.76 bits per heavy atom. The highest BCUT2D eigenvalue weighted by Gasteiger charge is 2.26. The minimum Gasteiger partial charge on any atom is -0.336 e. The Morgan fingerprint density at radius 2 is 2.19 bits per heavy atom. The molecule has 1 aromatic heterocycles. The highest BCUT2D eigenvalue weighted by Crippen LogP contribution is 2.29. The van der Waals surface area contributed by atoms with Gasteiger partial charge in [0.05, 0.1) is 11.5 Å². The molecule has 8 heteroatoms. The summed E-state index contributed by atoms with van der Waals surface area (Å²) in [6.45, 7) is 0.397. The lowest BCUT2D eigenvalue weighted by Crippen LogP contribution is -2.27. The van der Waals surface area contributed by atoms with E-state index in [-0.39, 0.29) is 16.9 Å². The van der Waals surface area contributed by atoms with Crippen molar-refractivity contribution in [1.29, 1.82) is 0 Å². The monoisotopic (exact) mass is 306 g/mol. The van der Waals surface area contributed by atoms with Crippen LogP contribution in [-0.4, -0.2) is 22.8 Å². The lowest BCUT2D eigenvalue weighted by atomic mass is 10.1. The van der Waals surface area contributed by atoms with E-state index in [1.807, 2.05) is 17.5 Å². The van der Waals surface area contributed by atoms with Crippen LogP contribution in [-0.2, 0) is 6.54 Å². The molecule has 0 saturated heterocycles. The molecular formula is C13H14N4O3S. The first-order valence-electron chi connectivity index (χ1n) is 6.06. The zero-order valence-corrected chi connectivity index (χ0v) is 12.1. The van der Waals surface area contributed by atoms with Crippen molar-refractivity contribution in [3.8, 4) is 0 Å². The molecule has 0 aliphatic rings. The number of hydrazine groups is 1. The van der Waals surface area contributed by atoms with E-state index in [4.69, 9.17) is 5.84 Å². The summed E-state index contributed by atoms with van der Waals surface area (Å²) in [5, 5.41) is 13.1. The molecular weight excluding hydrogens is 292 g/mol. The van der Waals surface area contributed by atoms with Crippen molar-refractivity contribution in [2.45, 2.75) is 6.54 Å². The number of anilines is 1. The topological polar surface area (TPSA) is 102 Å².